The van der Waals surface area contributed by atoms with E-state index in [2.05, 4.69) is 0 Å². The van der Waals surface area contributed by atoms with Crippen molar-refractivity contribution in [2.24, 2.45) is 0 Å². The van der Waals surface area contributed by atoms with Gasteiger partial charge in [0.2, 0.25) is 5.78 Å². The highest BCUT2D eigenvalue weighted by Gasteiger charge is 2.47. The van der Waals surface area contributed by atoms with Gasteiger partial charge in [-0.1, -0.05) is 18.2 Å². The van der Waals surface area contributed by atoms with E-state index in [1.54, 1.807) is 24.3 Å². The summed E-state index contributed by atoms with van der Waals surface area (Å²) >= 11 is 0. The number of aliphatic hydroxyl groups excluding tert-OH is 1. The van der Waals surface area contributed by atoms with Gasteiger partial charge in [0.1, 0.15) is 22.8 Å². The summed E-state index contributed by atoms with van der Waals surface area (Å²) in [6.07, 6.45) is 3.88. The van der Waals surface area contributed by atoms with Gasteiger partial charge in [-0.25, -0.2) is 0 Å². The Kier molecular flexibility index (Phi) is 5.97. The van der Waals surface area contributed by atoms with E-state index >= 15 is 0 Å². The number of esters is 1. The van der Waals surface area contributed by atoms with Gasteiger partial charge in [-0.15, -0.1) is 0 Å². The van der Waals surface area contributed by atoms with Crippen molar-refractivity contribution in [1.29, 1.82) is 0 Å². The normalized spacial score (nSPS) is 21.9. The summed E-state index contributed by atoms with van der Waals surface area (Å²) in [5.74, 6) is -1.82. The fourth-order valence-electron chi connectivity index (χ4n) is 2.55. The zero-order valence-electron chi connectivity index (χ0n) is 15.4. The van der Waals surface area contributed by atoms with Crippen LogP contribution in [0.4, 0.5) is 0 Å². The van der Waals surface area contributed by atoms with Crippen molar-refractivity contribution in [3.8, 4) is 5.75 Å². The van der Waals surface area contributed by atoms with Crippen LogP contribution in [0.25, 0.3) is 6.08 Å². The predicted molar refractivity (Wildman–Crippen MR) is 97.0 cm³/mol. The van der Waals surface area contributed by atoms with Crippen LogP contribution >= 0.6 is 0 Å². The number of Topliss-reactive ketones (excluding diaryl/α,β-unsaturated/α-hetero) is 1. The van der Waals surface area contributed by atoms with Crippen LogP contribution in [0.1, 0.15) is 19.4 Å². The maximum Gasteiger partial charge on any atom is 0.308 e. The standard InChI is InChI=1S/C20H20O7/c1-12(21)27-14-8-5-13(6-9-14)7-10-15(22)18-16(23)11-17(25-3)20(2,26-4)19(18)24/h5-11,22H,1-4H3/b10-7+,18-15+/t20-/m0/s1. The highest BCUT2D eigenvalue weighted by Crippen LogP contribution is 2.32. The molecule has 27 heavy (non-hydrogen) atoms. The van der Waals surface area contributed by atoms with Gasteiger partial charge in [-0.3, -0.25) is 14.4 Å². The molecule has 1 atom stereocenters. The lowest BCUT2D eigenvalue weighted by Crippen LogP contribution is -2.46. The summed E-state index contributed by atoms with van der Waals surface area (Å²) < 4.78 is 15.2. The van der Waals surface area contributed by atoms with E-state index in [0.717, 1.165) is 6.08 Å². The van der Waals surface area contributed by atoms with E-state index in [1.807, 2.05) is 0 Å². The zero-order valence-corrected chi connectivity index (χ0v) is 15.4. The average Bonchev–Trinajstić information content (AvgIpc) is 2.63. The number of methoxy groups -OCH3 is 2. The van der Waals surface area contributed by atoms with E-state index in [9.17, 15) is 19.5 Å². The summed E-state index contributed by atoms with van der Waals surface area (Å²) in [5, 5.41) is 10.3. The molecule has 1 aliphatic carbocycles. The van der Waals surface area contributed by atoms with Gasteiger partial charge in [0.25, 0.3) is 0 Å². The van der Waals surface area contributed by atoms with Crippen molar-refractivity contribution in [3.63, 3.8) is 0 Å². The van der Waals surface area contributed by atoms with Crippen LogP contribution in [0.2, 0.25) is 0 Å². The number of carbonyl (C=O) groups excluding carboxylic acids is 3. The molecule has 2 rings (SSSR count). The molecule has 0 saturated heterocycles. The zero-order chi connectivity index (χ0) is 20.2. The van der Waals surface area contributed by atoms with E-state index in [0.29, 0.717) is 11.3 Å². The number of ether oxygens (including phenoxy) is 3. The molecule has 1 aliphatic rings. The van der Waals surface area contributed by atoms with Gasteiger partial charge in [0.15, 0.2) is 11.4 Å². The molecule has 0 bridgehead atoms. The number of hydrogen-bond acceptors (Lipinski definition) is 7. The van der Waals surface area contributed by atoms with Crippen LogP contribution < -0.4 is 4.74 Å². The van der Waals surface area contributed by atoms with Crippen LogP contribution in [0.3, 0.4) is 0 Å². The number of allylic oxidation sites excluding steroid dienone is 2. The first kappa shape index (κ1) is 20.1. The molecule has 0 heterocycles. The maximum absolute atomic E-state index is 12.7. The van der Waals surface area contributed by atoms with Crippen LogP contribution in [-0.4, -0.2) is 42.5 Å². The minimum absolute atomic E-state index is 0.0709. The Labute approximate surface area is 156 Å². The highest BCUT2D eigenvalue weighted by atomic mass is 16.5. The third-order valence-corrected chi connectivity index (χ3v) is 4.10. The first-order valence-electron chi connectivity index (χ1n) is 8.03. The molecule has 142 valence electrons. The first-order chi connectivity index (χ1) is 12.7. The van der Waals surface area contributed by atoms with Gasteiger partial charge in [0.05, 0.1) is 7.11 Å². The number of ketones is 2. The number of benzene rings is 1. The van der Waals surface area contributed by atoms with Gasteiger partial charge < -0.3 is 19.3 Å². The molecule has 0 amide bonds. The Morgan fingerprint density at radius 2 is 1.78 bits per heavy atom. The van der Waals surface area contributed by atoms with Crippen molar-refractivity contribution in [3.05, 3.63) is 59.1 Å². The summed E-state index contributed by atoms with van der Waals surface area (Å²) in [6.45, 7) is 2.76. The maximum atomic E-state index is 12.7. The Morgan fingerprint density at radius 1 is 1.15 bits per heavy atom. The Balaban J connectivity index is 2.33. The summed E-state index contributed by atoms with van der Waals surface area (Å²) in [6, 6.07) is 6.47. The second kappa shape index (κ2) is 8.01. The lowest BCUT2D eigenvalue weighted by Gasteiger charge is -2.31. The van der Waals surface area contributed by atoms with Gasteiger partial charge >= 0.3 is 5.97 Å². The third-order valence-electron chi connectivity index (χ3n) is 4.10. The number of hydrogen-bond donors (Lipinski definition) is 1. The van der Waals surface area contributed by atoms with Crippen LogP contribution in [0, 0.1) is 0 Å². The minimum Gasteiger partial charge on any atom is -0.507 e. The molecule has 0 spiro atoms. The molecule has 1 N–H and O–H groups in total. The molecule has 0 aliphatic heterocycles. The predicted octanol–water partition coefficient (Wildman–Crippen LogP) is 2.52. The Hall–Kier alpha value is -3.19. The smallest absolute Gasteiger partial charge is 0.308 e. The van der Waals surface area contributed by atoms with E-state index in [4.69, 9.17) is 14.2 Å². The van der Waals surface area contributed by atoms with E-state index in [-0.39, 0.29) is 11.3 Å². The third kappa shape index (κ3) is 4.15. The topological polar surface area (TPSA) is 99.1 Å². The fraction of sp³-hybridized carbons (Fsp3) is 0.250. The average molecular weight is 372 g/mol. The van der Waals surface area contributed by atoms with Gasteiger partial charge in [-0.2, -0.15) is 0 Å². The monoisotopic (exact) mass is 372 g/mol. The van der Waals surface area contributed by atoms with Crippen LogP contribution in [0.5, 0.6) is 5.75 Å². The highest BCUT2D eigenvalue weighted by molar-refractivity contribution is 6.30. The second-order valence-electron chi connectivity index (χ2n) is 5.90. The van der Waals surface area contributed by atoms with Gasteiger partial charge in [-0.05, 0) is 30.7 Å². The molecule has 0 unspecified atom stereocenters. The van der Waals surface area contributed by atoms with Crippen LogP contribution in [0.15, 0.2) is 53.5 Å². The van der Waals surface area contributed by atoms with Gasteiger partial charge in [0, 0.05) is 20.1 Å². The largest absolute Gasteiger partial charge is 0.507 e. The molecule has 0 fully saturated rings. The van der Waals surface area contributed by atoms with Crippen molar-refractivity contribution < 1.29 is 33.7 Å². The minimum atomic E-state index is -1.49. The number of aliphatic hydroxyl groups is 1. The van der Waals surface area contributed by atoms with E-state index < -0.39 is 28.9 Å². The second-order valence-corrected chi connectivity index (χ2v) is 5.90. The SMILES string of the molecule is COC1=CC(=O)/C(=C(O)/C=C/c2ccc(OC(C)=O)cc2)C(=O)[C@@]1(C)OC. The van der Waals surface area contributed by atoms with E-state index in [1.165, 1.54) is 40.2 Å². The molecular weight excluding hydrogens is 352 g/mol. The van der Waals surface area contributed by atoms with Crippen molar-refractivity contribution in [2.75, 3.05) is 14.2 Å². The van der Waals surface area contributed by atoms with Crippen molar-refractivity contribution >= 4 is 23.6 Å². The Bertz CT molecular complexity index is 859. The summed E-state index contributed by atoms with van der Waals surface area (Å²) in [7, 11) is 2.65. The molecule has 7 heteroatoms. The molecule has 7 nitrogen and oxygen atoms in total. The number of carbonyl (C=O) groups is 3. The fourth-order valence-corrected chi connectivity index (χ4v) is 2.55. The molecule has 0 aromatic heterocycles. The quantitative estimate of drug-likeness (QED) is 0.279. The molecule has 1 aromatic carbocycles. The van der Waals surface area contributed by atoms with Crippen molar-refractivity contribution in [1.82, 2.24) is 0 Å². The van der Waals surface area contributed by atoms with Crippen LogP contribution in [-0.2, 0) is 23.9 Å². The lowest BCUT2D eigenvalue weighted by atomic mass is 9.83. The summed E-state index contributed by atoms with van der Waals surface area (Å²) in [4.78, 5) is 35.8. The molecule has 0 radical (unpaired) electrons. The molecule has 1 aromatic rings. The van der Waals surface area contributed by atoms with Crippen molar-refractivity contribution in [2.45, 2.75) is 19.4 Å². The summed E-state index contributed by atoms with van der Waals surface area (Å²) in [5.41, 5.74) is -1.21. The number of rotatable bonds is 5. The molecule has 0 saturated carbocycles. The lowest BCUT2D eigenvalue weighted by molar-refractivity contribution is -0.137. The Morgan fingerprint density at radius 3 is 2.30 bits per heavy atom. The first-order valence-corrected chi connectivity index (χ1v) is 8.03. The molecular formula is C20H20O7.